The van der Waals surface area contributed by atoms with E-state index < -0.39 is 9.84 Å². The topological polar surface area (TPSA) is 103 Å². The average molecular weight is 329 g/mol. The summed E-state index contributed by atoms with van der Waals surface area (Å²) in [6.07, 6.45) is 0. The summed E-state index contributed by atoms with van der Waals surface area (Å²) in [6, 6.07) is 0. The summed E-state index contributed by atoms with van der Waals surface area (Å²) in [6.45, 7) is 5.97. The van der Waals surface area contributed by atoms with Crippen molar-refractivity contribution in [3.8, 4) is 0 Å². The van der Waals surface area contributed by atoms with Crippen molar-refractivity contribution in [2.75, 3.05) is 16.8 Å². The molecule has 3 N–H and O–H groups in total. The van der Waals surface area contributed by atoms with Crippen molar-refractivity contribution in [1.82, 2.24) is 14.2 Å². The van der Waals surface area contributed by atoms with Crippen molar-refractivity contribution in [2.45, 2.75) is 32.2 Å². The molecule has 0 aromatic carbocycles. The van der Waals surface area contributed by atoms with Crippen LogP contribution in [0.2, 0.25) is 0 Å². The Morgan fingerprint density at radius 2 is 2.05 bits per heavy atom. The minimum atomic E-state index is -3.40. The number of aryl methyl sites for hydroxylation is 2. The van der Waals surface area contributed by atoms with Gasteiger partial charge in [0.1, 0.15) is 9.90 Å². The Morgan fingerprint density at radius 3 is 2.57 bits per heavy atom. The summed E-state index contributed by atoms with van der Waals surface area (Å²) < 4.78 is 29.9. The minimum absolute atomic E-state index is 0.00472. The molecule has 2 aromatic rings. The molecule has 9 heteroatoms. The van der Waals surface area contributed by atoms with Gasteiger partial charge in [-0.2, -0.15) is 9.47 Å². The number of sulfone groups is 1. The van der Waals surface area contributed by atoms with E-state index in [0.717, 1.165) is 28.5 Å². The van der Waals surface area contributed by atoms with Gasteiger partial charge in [0.25, 0.3) is 0 Å². The maximum Gasteiger partial charge on any atom is 0.184 e. The molecule has 0 aliphatic carbocycles. The average Bonchev–Trinajstić information content (AvgIpc) is 2.90. The zero-order chi connectivity index (χ0) is 15.8. The molecule has 0 unspecified atom stereocenters. The van der Waals surface area contributed by atoms with Crippen LogP contribution in [0, 0.1) is 13.8 Å². The Bertz CT molecular complexity index is 761. The highest BCUT2D eigenvalue weighted by Gasteiger charge is 2.24. The molecule has 0 saturated carbocycles. The SMILES string of the molecule is CCS(=O)(=O)c1c(N)nsc1NCc1c(C)nn(C)c1C. The normalized spacial score (nSPS) is 11.8. The van der Waals surface area contributed by atoms with Gasteiger partial charge < -0.3 is 11.1 Å². The summed E-state index contributed by atoms with van der Waals surface area (Å²) in [5.74, 6) is 0.0545. The fourth-order valence-electron chi connectivity index (χ4n) is 2.09. The Morgan fingerprint density at radius 1 is 1.38 bits per heavy atom. The Labute approximate surface area is 128 Å². The first-order valence-corrected chi connectivity index (χ1v) is 8.91. The van der Waals surface area contributed by atoms with E-state index in [2.05, 4.69) is 14.8 Å². The maximum absolute atomic E-state index is 12.1. The van der Waals surface area contributed by atoms with Gasteiger partial charge in [-0.25, -0.2) is 8.42 Å². The second-order valence-corrected chi connectivity index (χ2v) is 7.74. The predicted octanol–water partition coefficient (Wildman–Crippen LogP) is 1.48. The maximum atomic E-state index is 12.1. The Balaban J connectivity index is 2.30. The van der Waals surface area contributed by atoms with E-state index in [1.807, 2.05) is 20.9 Å². The fourth-order valence-corrected chi connectivity index (χ4v) is 4.26. The molecule has 0 radical (unpaired) electrons. The molecule has 0 saturated heterocycles. The number of nitrogen functional groups attached to an aromatic ring is 1. The molecule has 0 atom stereocenters. The first kappa shape index (κ1) is 15.8. The quantitative estimate of drug-likeness (QED) is 0.861. The molecule has 2 heterocycles. The molecule has 0 amide bonds. The number of rotatable bonds is 5. The van der Waals surface area contributed by atoms with Crippen LogP contribution in [-0.2, 0) is 23.4 Å². The highest BCUT2D eigenvalue weighted by molar-refractivity contribution is 7.91. The summed E-state index contributed by atoms with van der Waals surface area (Å²) in [5, 5.41) is 7.95. The molecular weight excluding hydrogens is 310 g/mol. The van der Waals surface area contributed by atoms with E-state index in [0.29, 0.717) is 11.5 Å². The van der Waals surface area contributed by atoms with Crippen LogP contribution in [-0.4, -0.2) is 28.3 Å². The standard InChI is InChI=1S/C12H19N5O2S2/c1-5-21(18,19)10-11(13)16-20-12(10)14-6-9-7(2)15-17(4)8(9)3/h14H,5-6H2,1-4H3,(H2,13,16). The van der Waals surface area contributed by atoms with Crippen LogP contribution in [0.15, 0.2) is 4.90 Å². The summed E-state index contributed by atoms with van der Waals surface area (Å²) in [7, 11) is -1.52. The third-order valence-electron chi connectivity index (χ3n) is 3.45. The fraction of sp³-hybridized carbons (Fsp3) is 0.500. The lowest BCUT2D eigenvalue weighted by Gasteiger charge is -2.07. The second kappa shape index (κ2) is 5.64. The van der Waals surface area contributed by atoms with Gasteiger partial charge >= 0.3 is 0 Å². The molecule has 116 valence electrons. The predicted molar refractivity (Wildman–Crippen MR) is 84.3 cm³/mol. The smallest absolute Gasteiger partial charge is 0.184 e. The number of nitrogens with one attached hydrogen (secondary N) is 1. The van der Waals surface area contributed by atoms with Crippen molar-refractivity contribution >= 4 is 32.2 Å². The van der Waals surface area contributed by atoms with Crippen LogP contribution in [0.1, 0.15) is 23.9 Å². The number of hydrogen-bond donors (Lipinski definition) is 2. The van der Waals surface area contributed by atoms with Crippen LogP contribution in [0.5, 0.6) is 0 Å². The Kier molecular flexibility index (Phi) is 4.24. The van der Waals surface area contributed by atoms with Gasteiger partial charge in [-0.1, -0.05) is 6.92 Å². The lowest BCUT2D eigenvalue weighted by atomic mass is 10.2. The van der Waals surface area contributed by atoms with Gasteiger partial charge in [0.2, 0.25) is 0 Å². The number of nitrogens with zero attached hydrogens (tertiary/aromatic N) is 3. The molecule has 21 heavy (non-hydrogen) atoms. The van der Waals surface area contributed by atoms with Gasteiger partial charge in [0.05, 0.1) is 11.4 Å². The lowest BCUT2D eigenvalue weighted by molar-refractivity contribution is 0.598. The minimum Gasteiger partial charge on any atom is -0.382 e. The monoisotopic (exact) mass is 329 g/mol. The largest absolute Gasteiger partial charge is 0.382 e. The van der Waals surface area contributed by atoms with Crippen molar-refractivity contribution in [1.29, 1.82) is 0 Å². The first-order chi connectivity index (χ1) is 9.77. The van der Waals surface area contributed by atoms with E-state index in [9.17, 15) is 8.42 Å². The van der Waals surface area contributed by atoms with Crippen LogP contribution < -0.4 is 11.1 Å². The zero-order valence-electron chi connectivity index (χ0n) is 12.5. The molecule has 0 spiro atoms. The van der Waals surface area contributed by atoms with Gasteiger partial charge in [-0.05, 0) is 25.4 Å². The highest BCUT2D eigenvalue weighted by Crippen LogP contribution is 2.32. The van der Waals surface area contributed by atoms with Crippen LogP contribution in [0.4, 0.5) is 10.8 Å². The summed E-state index contributed by atoms with van der Waals surface area (Å²) in [5.41, 5.74) is 8.70. The molecule has 0 aliphatic rings. The zero-order valence-corrected chi connectivity index (χ0v) is 14.1. The van der Waals surface area contributed by atoms with E-state index in [1.54, 1.807) is 11.6 Å². The molecular formula is C12H19N5O2S2. The van der Waals surface area contributed by atoms with Gasteiger partial charge in [-0.15, -0.1) is 0 Å². The van der Waals surface area contributed by atoms with Crippen molar-refractivity contribution in [3.63, 3.8) is 0 Å². The number of nitrogens with two attached hydrogens (primary N) is 1. The second-order valence-electron chi connectivity index (χ2n) is 4.76. The summed E-state index contributed by atoms with van der Waals surface area (Å²) in [4.78, 5) is 0.106. The van der Waals surface area contributed by atoms with E-state index >= 15 is 0 Å². The van der Waals surface area contributed by atoms with Crippen LogP contribution in [0.3, 0.4) is 0 Å². The van der Waals surface area contributed by atoms with Crippen molar-refractivity contribution in [2.24, 2.45) is 7.05 Å². The molecule has 0 fully saturated rings. The third-order valence-corrected chi connectivity index (χ3v) is 6.19. The summed E-state index contributed by atoms with van der Waals surface area (Å²) >= 11 is 1.06. The molecule has 7 nitrogen and oxygen atoms in total. The first-order valence-electron chi connectivity index (χ1n) is 6.48. The number of anilines is 2. The number of hydrogen-bond acceptors (Lipinski definition) is 7. The lowest BCUT2D eigenvalue weighted by Crippen LogP contribution is -2.09. The molecule has 2 aromatic heterocycles. The highest BCUT2D eigenvalue weighted by atomic mass is 32.2. The van der Waals surface area contributed by atoms with Gasteiger partial charge in [0.15, 0.2) is 15.7 Å². The van der Waals surface area contributed by atoms with Crippen molar-refractivity contribution < 1.29 is 8.42 Å². The molecule has 0 aliphatic heterocycles. The van der Waals surface area contributed by atoms with E-state index in [4.69, 9.17) is 5.73 Å². The van der Waals surface area contributed by atoms with Gasteiger partial charge in [0, 0.05) is 24.8 Å². The van der Waals surface area contributed by atoms with Crippen LogP contribution >= 0.6 is 11.5 Å². The molecule has 2 rings (SSSR count). The van der Waals surface area contributed by atoms with E-state index in [-0.39, 0.29) is 16.5 Å². The van der Waals surface area contributed by atoms with E-state index in [1.165, 1.54) is 0 Å². The van der Waals surface area contributed by atoms with Crippen molar-refractivity contribution in [3.05, 3.63) is 17.0 Å². The molecule has 0 bridgehead atoms. The number of aromatic nitrogens is 3. The van der Waals surface area contributed by atoms with Gasteiger partial charge in [-0.3, -0.25) is 4.68 Å². The Hall–Kier alpha value is -1.61. The third kappa shape index (κ3) is 2.88. The van der Waals surface area contributed by atoms with Crippen LogP contribution in [0.25, 0.3) is 0 Å².